The van der Waals surface area contributed by atoms with Gasteiger partial charge in [-0.1, -0.05) is 84.6 Å². The predicted octanol–water partition coefficient (Wildman–Crippen LogP) is 6.73. The smallest absolute Gasteiger partial charge is 0.327 e. The van der Waals surface area contributed by atoms with Gasteiger partial charge in [-0.15, -0.1) is 0 Å². The molecule has 43 heavy (non-hydrogen) atoms. The number of ether oxygens (including phenoxy) is 1. The van der Waals surface area contributed by atoms with Gasteiger partial charge in [0.2, 0.25) is 5.88 Å². The third-order valence-electron chi connectivity index (χ3n) is 7.06. The lowest BCUT2D eigenvalue weighted by molar-refractivity contribution is -0.145. The Morgan fingerprint density at radius 2 is 1.70 bits per heavy atom. The highest BCUT2D eigenvalue weighted by Crippen LogP contribution is 2.39. The summed E-state index contributed by atoms with van der Waals surface area (Å²) in [6.07, 6.45) is 1.69. The molecule has 1 saturated heterocycles. The molecule has 0 spiro atoms. The molecule has 0 bridgehead atoms. The third-order valence-corrected chi connectivity index (χ3v) is 8.39. The van der Waals surface area contributed by atoms with Crippen LogP contribution >= 0.6 is 24.0 Å². The summed E-state index contributed by atoms with van der Waals surface area (Å²) in [6, 6.07) is 28.3. The summed E-state index contributed by atoms with van der Waals surface area (Å²) in [5, 5.41) is 26.5. The van der Waals surface area contributed by atoms with E-state index in [2.05, 4.69) is 0 Å². The van der Waals surface area contributed by atoms with Crippen molar-refractivity contribution in [3.63, 3.8) is 0 Å². The minimum absolute atomic E-state index is 0.0244. The van der Waals surface area contributed by atoms with Gasteiger partial charge in [0, 0.05) is 6.42 Å². The van der Waals surface area contributed by atoms with Gasteiger partial charge in [-0.25, -0.2) is 4.79 Å². The van der Waals surface area contributed by atoms with Crippen molar-refractivity contribution in [3.8, 4) is 23.1 Å². The van der Waals surface area contributed by atoms with E-state index in [1.807, 2.05) is 79.7 Å². The maximum atomic E-state index is 13.7. The number of benzene rings is 4. The van der Waals surface area contributed by atoms with Crippen LogP contribution in [0.3, 0.4) is 0 Å². The Labute approximate surface area is 256 Å². The molecule has 10 heteroatoms. The number of aromatic nitrogens is 2. The largest absolute Gasteiger partial charge is 0.508 e. The van der Waals surface area contributed by atoms with Crippen LogP contribution in [0, 0.1) is 6.92 Å². The van der Waals surface area contributed by atoms with Crippen molar-refractivity contribution in [1.82, 2.24) is 14.7 Å². The van der Waals surface area contributed by atoms with E-state index in [-0.39, 0.29) is 21.4 Å². The van der Waals surface area contributed by atoms with Crippen molar-refractivity contribution in [1.29, 1.82) is 0 Å². The molecule has 1 amide bonds. The molecule has 1 aromatic heterocycles. The van der Waals surface area contributed by atoms with E-state index in [1.165, 1.54) is 12.1 Å². The summed E-state index contributed by atoms with van der Waals surface area (Å²) in [5.74, 6) is -0.623. The van der Waals surface area contributed by atoms with E-state index in [1.54, 1.807) is 22.9 Å². The highest BCUT2D eigenvalue weighted by molar-refractivity contribution is 8.26. The number of aliphatic carboxylic acids is 1. The normalized spacial score (nSPS) is 14.9. The number of aromatic hydroxyl groups is 1. The van der Waals surface area contributed by atoms with Crippen LogP contribution in [0.5, 0.6) is 17.4 Å². The Kier molecular flexibility index (Phi) is 7.71. The first-order chi connectivity index (χ1) is 20.8. The van der Waals surface area contributed by atoms with E-state index in [0.717, 1.165) is 33.1 Å². The number of para-hydroxylation sites is 1. The van der Waals surface area contributed by atoms with Gasteiger partial charge in [0.1, 0.15) is 21.9 Å². The first kappa shape index (κ1) is 28.2. The van der Waals surface area contributed by atoms with Crippen molar-refractivity contribution < 1.29 is 24.5 Å². The fourth-order valence-corrected chi connectivity index (χ4v) is 6.23. The van der Waals surface area contributed by atoms with E-state index in [9.17, 15) is 19.8 Å². The monoisotopic (exact) mass is 607 g/mol. The van der Waals surface area contributed by atoms with Crippen molar-refractivity contribution in [2.24, 2.45) is 0 Å². The number of carboxylic acid groups (broad SMARTS) is 1. The van der Waals surface area contributed by atoms with Crippen LogP contribution < -0.4 is 4.74 Å². The molecule has 1 aliphatic heterocycles. The minimum atomic E-state index is -1.22. The van der Waals surface area contributed by atoms with E-state index < -0.39 is 17.9 Å². The molecule has 5 aromatic rings. The van der Waals surface area contributed by atoms with E-state index >= 15 is 0 Å². The quantitative estimate of drug-likeness (QED) is 0.148. The van der Waals surface area contributed by atoms with Gasteiger partial charge in [0.05, 0.1) is 21.8 Å². The topological polar surface area (TPSA) is 105 Å². The number of hydrogen-bond donors (Lipinski definition) is 2. The van der Waals surface area contributed by atoms with Crippen molar-refractivity contribution in [3.05, 3.63) is 119 Å². The number of rotatable bonds is 8. The number of aryl methyl sites for hydroxylation is 1. The lowest BCUT2D eigenvalue weighted by atomic mass is 10.0. The zero-order valence-corrected chi connectivity index (χ0v) is 24.5. The summed E-state index contributed by atoms with van der Waals surface area (Å²) in [4.78, 5) is 27.4. The number of carbonyl (C=O) groups excluding carboxylic acids is 1. The van der Waals surface area contributed by atoms with E-state index in [0.29, 0.717) is 28.5 Å². The Balaban J connectivity index is 1.38. The molecule has 6 rings (SSSR count). The Morgan fingerprint density at radius 3 is 2.42 bits per heavy atom. The van der Waals surface area contributed by atoms with Crippen LogP contribution in [0.4, 0.5) is 0 Å². The van der Waals surface area contributed by atoms with Crippen molar-refractivity contribution >= 4 is 57.0 Å². The number of phenolic OH excluding ortho intramolecular Hbond substituents is 1. The number of hydrogen-bond acceptors (Lipinski definition) is 7. The number of fused-ring (bicyclic) bond motifs is 1. The number of phenols is 1. The van der Waals surface area contributed by atoms with Gasteiger partial charge in [-0.05, 0) is 65.7 Å². The van der Waals surface area contributed by atoms with E-state index in [4.69, 9.17) is 22.1 Å². The summed E-state index contributed by atoms with van der Waals surface area (Å²) in [7, 11) is 0. The first-order valence-electron chi connectivity index (χ1n) is 13.4. The van der Waals surface area contributed by atoms with Crippen LogP contribution in [-0.4, -0.2) is 47.1 Å². The molecular weight excluding hydrogens is 583 g/mol. The maximum absolute atomic E-state index is 13.7. The van der Waals surface area contributed by atoms with Crippen LogP contribution in [0.2, 0.25) is 0 Å². The molecule has 4 aromatic carbocycles. The number of carbonyl (C=O) groups is 2. The zero-order chi connectivity index (χ0) is 30.1. The highest BCUT2D eigenvalue weighted by Gasteiger charge is 2.41. The summed E-state index contributed by atoms with van der Waals surface area (Å²) >= 11 is 6.55. The molecule has 0 saturated carbocycles. The molecule has 214 valence electrons. The van der Waals surface area contributed by atoms with Crippen LogP contribution in [-0.2, 0) is 16.0 Å². The van der Waals surface area contributed by atoms with Gasteiger partial charge < -0.3 is 14.9 Å². The minimum Gasteiger partial charge on any atom is -0.508 e. The third kappa shape index (κ3) is 5.75. The highest BCUT2D eigenvalue weighted by atomic mass is 32.2. The van der Waals surface area contributed by atoms with Gasteiger partial charge in [-0.2, -0.15) is 9.78 Å². The molecule has 1 atom stereocenters. The average molecular weight is 608 g/mol. The van der Waals surface area contributed by atoms with Crippen LogP contribution in [0.15, 0.2) is 102 Å². The second kappa shape index (κ2) is 11.7. The standard InChI is InChI=1S/C33H25N3O5S2/c1-20-27(19-29-30(38)35(33(42)43-29)28(32(39)40)17-21-11-14-25(37)15-12-21)31(36(34-20)24-9-3-2-4-10-24)41-26-16-13-22-7-5-6-8-23(22)18-26/h2-16,18-19,28,37H,17H2,1H3,(H,39,40)/b29-19-/t28-/m0/s1. The fourth-order valence-electron chi connectivity index (χ4n) is 4.89. The molecular formula is C33H25N3O5S2. The Bertz CT molecular complexity index is 1900. The fraction of sp³-hybridized carbons (Fsp3) is 0.0909. The predicted molar refractivity (Wildman–Crippen MR) is 171 cm³/mol. The molecule has 8 nitrogen and oxygen atoms in total. The Hall–Kier alpha value is -4.93. The van der Waals surface area contributed by atoms with Crippen molar-refractivity contribution in [2.75, 3.05) is 0 Å². The van der Waals surface area contributed by atoms with Crippen LogP contribution in [0.1, 0.15) is 16.8 Å². The second-order valence-electron chi connectivity index (χ2n) is 9.94. The first-order valence-corrected chi connectivity index (χ1v) is 14.6. The summed E-state index contributed by atoms with van der Waals surface area (Å²) in [5.41, 5.74) is 2.61. The number of carboxylic acids is 1. The summed E-state index contributed by atoms with van der Waals surface area (Å²) in [6.45, 7) is 1.82. The van der Waals surface area contributed by atoms with Gasteiger partial charge in [0.25, 0.3) is 5.91 Å². The molecule has 0 aliphatic carbocycles. The number of thioether (sulfide) groups is 1. The summed E-state index contributed by atoms with van der Waals surface area (Å²) < 4.78 is 8.30. The molecule has 0 unspecified atom stereocenters. The molecule has 2 heterocycles. The second-order valence-corrected chi connectivity index (χ2v) is 11.6. The molecule has 0 radical (unpaired) electrons. The lowest BCUT2D eigenvalue weighted by Gasteiger charge is -2.23. The zero-order valence-electron chi connectivity index (χ0n) is 22.9. The number of thiocarbonyl (C=S) groups is 1. The number of nitrogens with zero attached hydrogens (tertiary/aromatic N) is 3. The molecule has 1 aliphatic rings. The van der Waals surface area contributed by atoms with Gasteiger partial charge in [0.15, 0.2) is 0 Å². The molecule has 1 fully saturated rings. The van der Waals surface area contributed by atoms with Crippen molar-refractivity contribution in [2.45, 2.75) is 19.4 Å². The van der Waals surface area contributed by atoms with Gasteiger partial charge in [-0.3, -0.25) is 9.69 Å². The number of amides is 1. The van der Waals surface area contributed by atoms with Gasteiger partial charge >= 0.3 is 5.97 Å². The SMILES string of the molecule is Cc1nn(-c2ccccc2)c(Oc2ccc3ccccc3c2)c1/C=C1\SC(=S)N([C@@H](Cc2ccc(O)cc2)C(=O)O)C1=O. The maximum Gasteiger partial charge on any atom is 0.327 e. The van der Waals surface area contributed by atoms with Crippen LogP contribution in [0.25, 0.3) is 22.5 Å². The average Bonchev–Trinajstić information content (AvgIpc) is 3.46. The molecule has 2 N–H and O–H groups in total. The Morgan fingerprint density at radius 1 is 1.00 bits per heavy atom. The lowest BCUT2D eigenvalue weighted by Crippen LogP contribution is -2.45.